The Morgan fingerprint density at radius 1 is 1.25 bits per heavy atom. The van der Waals surface area contributed by atoms with E-state index in [2.05, 4.69) is 36.1 Å². The van der Waals surface area contributed by atoms with Gasteiger partial charge in [0.1, 0.15) is 0 Å². The highest BCUT2D eigenvalue weighted by Crippen LogP contribution is 2.20. The van der Waals surface area contributed by atoms with Gasteiger partial charge in [-0.1, -0.05) is 31.1 Å². The van der Waals surface area contributed by atoms with Crippen molar-refractivity contribution in [3.63, 3.8) is 0 Å². The fourth-order valence-corrected chi connectivity index (χ4v) is 2.69. The van der Waals surface area contributed by atoms with Crippen molar-refractivity contribution in [3.8, 4) is 11.5 Å². The van der Waals surface area contributed by atoms with E-state index in [1.807, 2.05) is 23.9 Å². The Labute approximate surface area is 124 Å². The third kappa shape index (κ3) is 4.35. The lowest BCUT2D eigenvalue weighted by atomic mass is 10.1. The molecule has 1 aromatic heterocycles. The molecule has 20 heavy (non-hydrogen) atoms. The van der Waals surface area contributed by atoms with E-state index < -0.39 is 0 Å². The van der Waals surface area contributed by atoms with Crippen molar-refractivity contribution in [1.29, 1.82) is 0 Å². The third-order valence-electron chi connectivity index (χ3n) is 2.78. The van der Waals surface area contributed by atoms with Crippen LogP contribution in [0.1, 0.15) is 25.2 Å². The lowest BCUT2D eigenvalue weighted by Gasteiger charge is -2.00. The van der Waals surface area contributed by atoms with Crippen LogP contribution in [0.15, 0.2) is 28.8 Å². The molecule has 0 aliphatic carbocycles. The first-order valence-electron chi connectivity index (χ1n) is 6.88. The van der Waals surface area contributed by atoms with Crippen molar-refractivity contribution in [1.82, 2.24) is 10.1 Å². The molecule has 1 heterocycles. The topological polar surface area (TPSA) is 64.9 Å². The Morgan fingerprint density at radius 2 is 2.00 bits per heavy atom. The summed E-state index contributed by atoms with van der Waals surface area (Å²) in [4.78, 5) is 4.43. The van der Waals surface area contributed by atoms with Gasteiger partial charge in [-0.15, -0.1) is 0 Å². The molecule has 0 fully saturated rings. The smallest absolute Gasteiger partial charge is 0.257 e. The number of hydrogen-bond donors (Lipinski definition) is 1. The van der Waals surface area contributed by atoms with E-state index in [1.165, 1.54) is 5.56 Å². The van der Waals surface area contributed by atoms with Crippen LogP contribution in [0.25, 0.3) is 11.5 Å². The van der Waals surface area contributed by atoms with Crippen LogP contribution in [-0.2, 0) is 12.2 Å². The summed E-state index contributed by atoms with van der Waals surface area (Å²) < 4.78 is 5.31. The van der Waals surface area contributed by atoms with E-state index in [4.69, 9.17) is 10.3 Å². The molecule has 0 amide bonds. The average molecular weight is 291 g/mol. The molecule has 2 N–H and O–H groups in total. The fraction of sp³-hybridized carbons (Fsp3) is 0.467. The van der Waals surface area contributed by atoms with E-state index >= 15 is 0 Å². The Balaban J connectivity index is 1.97. The Hall–Kier alpha value is -1.33. The van der Waals surface area contributed by atoms with Crippen LogP contribution in [0.2, 0.25) is 0 Å². The Morgan fingerprint density at radius 3 is 2.65 bits per heavy atom. The third-order valence-corrected chi connectivity index (χ3v) is 4.15. The van der Waals surface area contributed by atoms with E-state index in [0.29, 0.717) is 18.4 Å². The number of nitrogens with zero attached hydrogens (tertiary/aromatic N) is 2. The fourth-order valence-electron chi connectivity index (χ4n) is 1.80. The molecule has 0 saturated heterocycles. The predicted molar refractivity (Wildman–Crippen MR) is 83.5 cm³/mol. The molecule has 0 bridgehead atoms. The number of nitrogens with two attached hydrogens (primary N) is 1. The second kappa shape index (κ2) is 7.45. The molecule has 5 heteroatoms. The number of hydrogen-bond acceptors (Lipinski definition) is 5. The highest BCUT2D eigenvalue weighted by molar-refractivity contribution is 7.98. The van der Waals surface area contributed by atoms with Gasteiger partial charge < -0.3 is 10.3 Å². The molecule has 2 aromatic rings. The molecule has 108 valence electrons. The molecule has 0 aliphatic heterocycles. The number of thioether (sulfide) groups is 1. The first kappa shape index (κ1) is 15.1. The largest absolute Gasteiger partial charge is 0.334 e. The minimum atomic E-state index is 0.587. The second-order valence-corrected chi connectivity index (χ2v) is 6.19. The monoisotopic (exact) mass is 291 g/mol. The first-order valence-corrected chi connectivity index (χ1v) is 8.04. The number of rotatable bonds is 7. The van der Waals surface area contributed by atoms with Crippen LogP contribution < -0.4 is 5.73 Å². The molecule has 2 rings (SSSR count). The molecular weight excluding hydrogens is 270 g/mol. The van der Waals surface area contributed by atoms with Gasteiger partial charge >= 0.3 is 0 Å². The van der Waals surface area contributed by atoms with Gasteiger partial charge in [0.15, 0.2) is 5.82 Å². The van der Waals surface area contributed by atoms with Gasteiger partial charge in [-0.3, -0.25) is 0 Å². The molecule has 0 unspecified atom stereocenters. The average Bonchev–Trinajstić information content (AvgIpc) is 2.88. The van der Waals surface area contributed by atoms with Crippen molar-refractivity contribution in [3.05, 3.63) is 35.7 Å². The summed E-state index contributed by atoms with van der Waals surface area (Å²) in [6.07, 6.45) is 0.890. The zero-order valence-corrected chi connectivity index (χ0v) is 12.8. The van der Waals surface area contributed by atoms with Crippen LogP contribution >= 0.6 is 11.8 Å². The highest BCUT2D eigenvalue weighted by Gasteiger charge is 2.09. The second-order valence-electron chi connectivity index (χ2n) is 5.16. The minimum Gasteiger partial charge on any atom is -0.334 e. The minimum absolute atomic E-state index is 0.587. The summed E-state index contributed by atoms with van der Waals surface area (Å²) in [5.74, 6) is 3.94. The van der Waals surface area contributed by atoms with Crippen molar-refractivity contribution in [2.24, 2.45) is 11.7 Å². The highest BCUT2D eigenvalue weighted by atomic mass is 32.2. The zero-order chi connectivity index (χ0) is 14.4. The molecular formula is C15H21N3OS. The van der Waals surface area contributed by atoms with Crippen molar-refractivity contribution in [2.45, 2.75) is 26.0 Å². The van der Waals surface area contributed by atoms with Crippen molar-refractivity contribution >= 4 is 11.8 Å². The van der Waals surface area contributed by atoms with E-state index in [-0.39, 0.29) is 0 Å². The van der Waals surface area contributed by atoms with Crippen LogP contribution in [-0.4, -0.2) is 22.4 Å². The quantitative estimate of drug-likeness (QED) is 0.849. The van der Waals surface area contributed by atoms with Crippen LogP contribution in [0.4, 0.5) is 0 Å². The van der Waals surface area contributed by atoms with Gasteiger partial charge in [0, 0.05) is 5.56 Å². The van der Waals surface area contributed by atoms with E-state index in [9.17, 15) is 0 Å². The summed E-state index contributed by atoms with van der Waals surface area (Å²) in [6, 6.07) is 8.12. The predicted octanol–water partition coefficient (Wildman–Crippen LogP) is 3.13. The molecule has 0 aliphatic rings. The van der Waals surface area contributed by atoms with E-state index in [0.717, 1.165) is 29.3 Å². The van der Waals surface area contributed by atoms with Gasteiger partial charge in [-0.2, -0.15) is 16.7 Å². The van der Waals surface area contributed by atoms with Crippen LogP contribution in [0.5, 0.6) is 0 Å². The first-order chi connectivity index (χ1) is 9.69. The maximum atomic E-state index is 5.54. The maximum absolute atomic E-state index is 5.54. The molecule has 0 spiro atoms. The summed E-state index contributed by atoms with van der Waals surface area (Å²) in [5.41, 5.74) is 7.72. The maximum Gasteiger partial charge on any atom is 0.257 e. The Bertz CT molecular complexity index is 522. The lowest BCUT2D eigenvalue weighted by molar-refractivity contribution is 0.425. The molecule has 4 nitrogen and oxygen atoms in total. The number of benzene rings is 1. The summed E-state index contributed by atoms with van der Waals surface area (Å²) in [7, 11) is 0. The summed E-state index contributed by atoms with van der Waals surface area (Å²) in [6.45, 7) is 5.08. The van der Waals surface area contributed by atoms with Gasteiger partial charge in [-0.05, 0) is 42.3 Å². The summed E-state index contributed by atoms with van der Waals surface area (Å²) in [5, 5.41) is 4.02. The standard InChI is InChI=1S/C15H21N3OS/c1-11(2)9-20-10-14-17-15(19-18-14)13-5-3-12(4-6-13)7-8-16/h3-6,11H,7-10,16H2,1-2H3. The van der Waals surface area contributed by atoms with Gasteiger partial charge in [0.25, 0.3) is 5.89 Å². The van der Waals surface area contributed by atoms with Gasteiger partial charge in [0.05, 0.1) is 5.75 Å². The van der Waals surface area contributed by atoms with Crippen LogP contribution in [0.3, 0.4) is 0 Å². The van der Waals surface area contributed by atoms with Crippen molar-refractivity contribution < 1.29 is 4.52 Å². The van der Waals surface area contributed by atoms with E-state index in [1.54, 1.807) is 0 Å². The molecule has 0 radical (unpaired) electrons. The summed E-state index contributed by atoms with van der Waals surface area (Å²) >= 11 is 1.83. The van der Waals surface area contributed by atoms with Gasteiger partial charge in [0.2, 0.25) is 0 Å². The lowest BCUT2D eigenvalue weighted by Crippen LogP contribution is -2.02. The van der Waals surface area contributed by atoms with Gasteiger partial charge in [-0.25, -0.2) is 0 Å². The zero-order valence-electron chi connectivity index (χ0n) is 12.0. The molecule has 0 saturated carbocycles. The molecule has 0 atom stereocenters. The normalized spacial score (nSPS) is 11.2. The van der Waals surface area contributed by atoms with Crippen LogP contribution in [0, 0.1) is 5.92 Å². The molecule has 1 aromatic carbocycles. The Kier molecular flexibility index (Phi) is 5.61. The van der Waals surface area contributed by atoms with Crippen molar-refractivity contribution in [2.75, 3.05) is 12.3 Å². The SMILES string of the molecule is CC(C)CSCc1noc(-c2ccc(CCN)cc2)n1. The number of aromatic nitrogens is 2.